The number of ketones is 2. The number of ether oxygens (including phenoxy) is 2. The van der Waals surface area contributed by atoms with Crippen LogP contribution in [0.4, 0.5) is 0 Å². The van der Waals surface area contributed by atoms with E-state index in [1.807, 2.05) is 42.5 Å². The van der Waals surface area contributed by atoms with Crippen LogP contribution in [-0.4, -0.2) is 29.2 Å². The zero-order valence-corrected chi connectivity index (χ0v) is 23.1. The van der Waals surface area contributed by atoms with Crippen LogP contribution in [0.2, 0.25) is 0 Å². The topological polar surface area (TPSA) is 69.7 Å². The molecule has 5 nitrogen and oxygen atoms in total. The molecule has 4 aromatic rings. The highest BCUT2D eigenvalue weighted by Gasteiger charge is 2.32. The summed E-state index contributed by atoms with van der Waals surface area (Å²) in [6, 6.07) is 30.5. The molecule has 0 saturated heterocycles. The minimum absolute atomic E-state index is 0.0300. The van der Waals surface area contributed by atoms with E-state index in [9.17, 15) is 14.4 Å². The van der Waals surface area contributed by atoms with Crippen LogP contribution in [0, 0.1) is 0 Å². The average molecular weight is 533 g/mol. The van der Waals surface area contributed by atoms with Crippen molar-refractivity contribution in [1.82, 2.24) is 0 Å². The number of hydrogen-bond acceptors (Lipinski definition) is 5. The highest BCUT2D eigenvalue weighted by molar-refractivity contribution is 6.10. The molecule has 0 aliphatic carbocycles. The summed E-state index contributed by atoms with van der Waals surface area (Å²) in [4.78, 5) is 38.0. The Hall–Kier alpha value is -4.77. The van der Waals surface area contributed by atoms with E-state index in [0.29, 0.717) is 28.0 Å². The van der Waals surface area contributed by atoms with Gasteiger partial charge in [-0.3, -0.25) is 9.59 Å². The molecule has 0 spiro atoms. The van der Waals surface area contributed by atoms with Crippen molar-refractivity contribution in [1.29, 1.82) is 0 Å². The lowest BCUT2D eigenvalue weighted by molar-refractivity contribution is -0.163. The number of hydrogen-bond donors (Lipinski definition) is 0. The van der Waals surface area contributed by atoms with Crippen molar-refractivity contribution in [3.63, 3.8) is 0 Å². The van der Waals surface area contributed by atoms with E-state index < -0.39 is 11.6 Å². The standard InChI is InChI=1S/C35H32O5/c1-23(2)39-34(38)35(4,5)40-31-21-19-30(20-22-31)33(37)29-17-13-26(14-18-29)24(3)25-11-15-28(16-12-25)32(36)27-9-7-6-8-10-27/h6-23H,3H2,1-2,4-5H3. The minimum atomic E-state index is -1.16. The SMILES string of the molecule is C=C(c1ccc(C(=O)c2ccccc2)cc1)c1ccc(C(=O)c2ccc(OC(C)(C)C(=O)OC(C)C)cc2)cc1. The van der Waals surface area contributed by atoms with E-state index in [4.69, 9.17) is 9.47 Å². The quantitative estimate of drug-likeness (QED) is 0.158. The van der Waals surface area contributed by atoms with Gasteiger partial charge in [-0.2, -0.15) is 0 Å². The summed E-state index contributed by atoms with van der Waals surface area (Å²) in [5.41, 5.74) is 3.68. The predicted molar refractivity (Wildman–Crippen MR) is 157 cm³/mol. The number of benzene rings is 4. The van der Waals surface area contributed by atoms with Gasteiger partial charge in [0, 0.05) is 22.3 Å². The Morgan fingerprint density at radius 3 is 1.40 bits per heavy atom. The number of carbonyl (C=O) groups is 3. The fraction of sp³-hybridized carbons (Fsp3) is 0.171. The lowest BCUT2D eigenvalue weighted by atomic mass is 9.95. The molecule has 0 saturated carbocycles. The first-order chi connectivity index (χ1) is 19.0. The molecule has 40 heavy (non-hydrogen) atoms. The van der Waals surface area contributed by atoms with Crippen LogP contribution in [0.5, 0.6) is 5.75 Å². The average Bonchev–Trinajstić information content (AvgIpc) is 2.96. The van der Waals surface area contributed by atoms with Crippen molar-refractivity contribution >= 4 is 23.1 Å². The molecule has 0 aliphatic heterocycles. The molecule has 0 N–H and O–H groups in total. The van der Waals surface area contributed by atoms with Crippen molar-refractivity contribution in [2.24, 2.45) is 0 Å². The molecule has 4 aromatic carbocycles. The van der Waals surface area contributed by atoms with Crippen LogP contribution in [-0.2, 0) is 9.53 Å². The first kappa shape index (κ1) is 28.2. The highest BCUT2D eigenvalue weighted by Crippen LogP contribution is 2.25. The summed E-state index contributed by atoms with van der Waals surface area (Å²) in [6.07, 6.45) is -0.241. The Morgan fingerprint density at radius 1 is 0.600 bits per heavy atom. The van der Waals surface area contributed by atoms with Gasteiger partial charge in [0.25, 0.3) is 0 Å². The van der Waals surface area contributed by atoms with Crippen molar-refractivity contribution in [2.45, 2.75) is 39.4 Å². The molecule has 202 valence electrons. The zero-order chi connectivity index (χ0) is 28.9. The van der Waals surface area contributed by atoms with Crippen molar-refractivity contribution in [2.75, 3.05) is 0 Å². The molecule has 5 heteroatoms. The fourth-order valence-corrected chi connectivity index (χ4v) is 4.10. The molecule has 0 aliphatic rings. The normalized spacial score (nSPS) is 11.1. The fourth-order valence-electron chi connectivity index (χ4n) is 4.10. The third-order valence-electron chi connectivity index (χ3n) is 6.35. The van der Waals surface area contributed by atoms with E-state index in [1.165, 1.54) is 0 Å². The van der Waals surface area contributed by atoms with E-state index >= 15 is 0 Å². The van der Waals surface area contributed by atoms with Crippen molar-refractivity contribution in [3.8, 4) is 5.75 Å². The summed E-state index contributed by atoms with van der Waals surface area (Å²) in [6.45, 7) is 11.1. The maximum absolute atomic E-state index is 13.1. The molecule has 0 amide bonds. The minimum Gasteiger partial charge on any atom is -0.476 e. The highest BCUT2D eigenvalue weighted by atomic mass is 16.6. The smallest absolute Gasteiger partial charge is 0.350 e. The van der Waals surface area contributed by atoms with Gasteiger partial charge in [0.2, 0.25) is 0 Å². The maximum Gasteiger partial charge on any atom is 0.350 e. The third kappa shape index (κ3) is 6.62. The summed E-state index contributed by atoms with van der Waals surface area (Å²) in [5, 5.41) is 0. The number of carbonyl (C=O) groups excluding carboxylic acids is 3. The van der Waals surface area contributed by atoms with Gasteiger partial charge in [-0.05, 0) is 68.7 Å². The van der Waals surface area contributed by atoms with Crippen molar-refractivity contribution in [3.05, 3.63) is 143 Å². The largest absolute Gasteiger partial charge is 0.476 e. The summed E-state index contributed by atoms with van der Waals surface area (Å²) in [5.74, 6) is -0.158. The van der Waals surface area contributed by atoms with Crippen LogP contribution in [0.15, 0.2) is 110 Å². The Morgan fingerprint density at radius 2 is 0.975 bits per heavy atom. The predicted octanol–water partition coefficient (Wildman–Crippen LogP) is 7.32. The van der Waals surface area contributed by atoms with Gasteiger partial charge >= 0.3 is 5.97 Å². The van der Waals surface area contributed by atoms with Gasteiger partial charge in [-0.1, -0.05) is 85.4 Å². The first-order valence-corrected chi connectivity index (χ1v) is 13.1. The molecular formula is C35H32O5. The molecule has 0 aromatic heterocycles. The molecule has 0 atom stereocenters. The Balaban J connectivity index is 1.41. The van der Waals surface area contributed by atoms with Gasteiger partial charge in [-0.25, -0.2) is 4.79 Å². The van der Waals surface area contributed by atoms with E-state index in [0.717, 1.165) is 16.7 Å². The number of esters is 1. The summed E-state index contributed by atoms with van der Waals surface area (Å²) >= 11 is 0. The lowest BCUT2D eigenvalue weighted by Gasteiger charge is -2.25. The zero-order valence-electron chi connectivity index (χ0n) is 23.1. The van der Waals surface area contributed by atoms with Crippen LogP contribution < -0.4 is 4.74 Å². The van der Waals surface area contributed by atoms with E-state index in [1.54, 1.807) is 88.4 Å². The Kier molecular flexibility index (Phi) is 8.44. The maximum atomic E-state index is 13.1. The van der Waals surface area contributed by atoms with Crippen molar-refractivity contribution < 1.29 is 23.9 Å². The number of rotatable bonds is 10. The molecule has 0 radical (unpaired) electrons. The monoisotopic (exact) mass is 532 g/mol. The third-order valence-corrected chi connectivity index (χ3v) is 6.35. The van der Waals surface area contributed by atoms with Crippen LogP contribution in [0.1, 0.15) is 70.7 Å². The van der Waals surface area contributed by atoms with E-state index in [2.05, 4.69) is 6.58 Å². The molecule has 0 unspecified atom stereocenters. The second-order valence-electron chi connectivity index (χ2n) is 10.2. The Bertz CT molecular complexity index is 1510. The molecule has 0 fully saturated rings. The van der Waals surface area contributed by atoms with Gasteiger partial charge in [0.1, 0.15) is 5.75 Å². The molecule has 0 heterocycles. The molecule has 0 bridgehead atoms. The van der Waals surface area contributed by atoms with Gasteiger partial charge < -0.3 is 9.47 Å². The van der Waals surface area contributed by atoms with Gasteiger partial charge in [0.05, 0.1) is 6.10 Å². The van der Waals surface area contributed by atoms with Crippen LogP contribution in [0.25, 0.3) is 5.57 Å². The summed E-state index contributed by atoms with van der Waals surface area (Å²) in [7, 11) is 0. The Labute approximate surface area is 235 Å². The lowest BCUT2D eigenvalue weighted by Crippen LogP contribution is -2.40. The van der Waals surface area contributed by atoms with Crippen LogP contribution in [0.3, 0.4) is 0 Å². The summed E-state index contributed by atoms with van der Waals surface area (Å²) < 4.78 is 11.1. The van der Waals surface area contributed by atoms with Gasteiger partial charge in [0.15, 0.2) is 17.2 Å². The second kappa shape index (κ2) is 12.0. The molecular weight excluding hydrogens is 500 g/mol. The molecule has 4 rings (SSSR count). The first-order valence-electron chi connectivity index (χ1n) is 13.1. The second-order valence-corrected chi connectivity index (χ2v) is 10.2. The van der Waals surface area contributed by atoms with Gasteiger partial charge in [-0.15, -0.1) is 0 Å². The van der Waals surface area contributed by atoms with Crippen LogP contribution >= 0.6 is 0 Å². The van der Waals surface area contributed by atoms with E-state index in [-0.39, 0.29) is 17.7 Å².